The molecule has 23 heavy (non-hydrogen) atoms. The number of nitrogens with zero attached hydrogens (tertiary/aromatic N) is 3. The molecule has 0 radical (unpaired) electrons. The predicted octanol–water partition coefficient (Wildman–Crippen LogP) is 2.09. The molecule has 0 unspecified atom stereocenters. The summed E-state index contributed by atoms with van der Waals surface area (Å²) in [4.78, 5) is 18.7. The first-order valence-electron chi connectivity index (χ1n) is 8.47. The first-order valence-corrected chi connectivity index (χ1v) is 8.47. The van der Waals surface area contributed by atoms with Gasteiger partial charge in [-0.2, -0.15) is 0 Å². The van der Waals surface area contributed by atoms with E-state index < -0.39 is 0 Å². The van der Waals surface area contributed by atoms with Crippen molar-refractivity contribution in [1.29, 1.82) is 0 Å². The maximum absolute atomic E-state index is 12.2. The molecule has 0 spiro atoms. The highest BCUT2D eigenvalue weighted by atomic mass is 16.2. The van der Waals surface area contributed by atoms with Crippen LogP contribution in [0.4, 0.5) is 10.5 Å². The third kappa shape index (κ3) is 4.86. The minimum absolute atomic E-state index is 0.0740. The van der Waals surface area contributed by atoms with Crippen molar-refractivity contribution >= 4 is 11.7 Å². The Bertz CT molecular complexity index is 502. The number of para-hydroxylation sites is 1. The fourth-order valence-corrected chi connectivity index (χ4v) is 3.14. The number of nitrogens with one attached hydrogen (secondary N) is 1. The van der Waals surface area contributed by atoms with Gasteiger partial charge >= 0.3 is 6.03 Å². The fraction of sp³-hybridized carbons (Fsp3) is 0.611. The number of piperazine rings is 1. The fourth-order valence-electron chi connectivity index (χ4n) is 3.14. The Morgan fingerprint density at radius 1 is 1.13 bits per heavy atom. The van der Waals surface area contributed by atoms with Crippen molar-refractivity contribution in [2.45, 2.75) is 20.3 Å². The quantitative estimate of drug-likeness (QED) is 0.845. The van der Waals surface area contributed by atoms with Crippen molar-refractivity contribution in [2.75, 3.05) is 58.3 Å². The van der Waals surface area contributed by atoms with Gasteiger partial charge in [-0.25, -0.2) is 4.79 Å². The maximum Gasteiger partial charge on any atom is 0.317 e. The first-order chi connectivity index (χ1) is 11.0. The van der Waals surface area contributed by atoms with E-state index in [1.54, 1.807) is 0 Å². The molecule has 5 nitrogen and oxygen atoms in total. The number of carbonyl (C=O) groups is 1. The second kappa shape index (κ2) is 8.20. The molecule has 1 aliphatic rings. The number of urea groups is 1. The highest BCUT2D eigenvalue weighted by Gasteiger charge is 2.22. The molecule has 1 heterocycles. The number of amides is 2. The summed E-state index contributed by atoms with van der Waals surface area (Å²) < 4.78 is 0. The number of hydrogen-bond donors (Lipinski definition) is 1. The van der Waals surface area contributed by atoms with E-state index in [0.29, 0.717) is 0 Å². The summed E-state index contributed by atoms with van der Waals surface area (Å²) in [6, 6.07) is 6.49. The summed E-state index contributed by atoms with van der Waals surface area (Å²) in [5.74, 6) is 0. The number of rotatable bonds is 5. The van der Waals surface area contributed by atoms with Crippen molar-refractivity contribution in [2.24, 2.45) is 0 Å². The molecule has 0 aromatic heterocycles. The monoisotopic (exact) mass is 318 g/mol. The number of benzene rings is 1. The molecule has 1 aliphatic heterocycles. The van der Waals surface area contributed by atoms with Gasteiger partial charge in [0.1, 0.15) is 0 Å². The Kier molecular flexibility index (Phi) is 6.28. The standard InChI is InChI=1S/C18H30N4O/c1-15-7-5-8-16(2)17(15)21-11-13-22(14-12-21)18(23)19-9-6-10-20(3)4/h5,7-8H,6,9-14H2,1-4H3,(H,19,23). The van der Waals surface area contributed by atoms with Crippen LogP contribution < -0.4 is 10.2 Å². The van der Waals surface area contributed by atoms with Crippen LogP contribution in [0.25, 0.3) is 0 Å². The van der Waals surface area contributed by atoms with Crippen LogP contribution >= 0.6 is 0 Å². The number of hydrogen-bond acceptors (Lipinski definition) is 3. The van der Waals surface area contributed by atoms with Crippen molar-refractivity contribution in [3.8, 4) is 0 Å². The summed E-state index contributed by atoms with van der Waals surface area (Å²) in [5, 5.41) is 3.03. The van der Waals surface area contributed by atoms with E-state index in [1.165, 1.54) is 16.8 Å². The summed E-state index contributed by atoms with van der Waals surface area (Å²) in [7, 11) is 4.10. The average molecular weight is 318 g/mol. The molecule has 1 saturated heterocycles. The van der Waals surface area contributed by atoms with E-state index in [-0.39, 0.29) is 6.03 Å². The Morgan fingerprint density at radius 2 is 1.74 bits per heavy atom. The first kappa shape index (κ1) is 17.6. The predicted molar refractivity (Wildman–Crippen MR) is 96.3 cm³/mol. The van der Waals surface area contributed by atoms with Crippen molar-refractivity contribution < 1.29 is 4.79 Å². The van der Waals surface area contributed by atoms with Crippen LogP contribution in [0.5, 0.6) is 0 Å². The molecular weight excluding hydrogens is 288 g/mol. The number of carbonyl (C=O) groups excluding carboxylic acids is 1. The molecule has 128 valence electrons. The zero-order valence-electron chi connectivity index (χ0n) is 14.9. The molecule has 5 heteroatoms. The van der Waals surface area contributed by atoms with Gasteiger partial charge in [0.05, 0.1) is 0 Å². The van der Waals surface area contributed by atoms with Crippen LogP contribution in [-0.2, 0) is 0 Å². The molecule has 1 aromatic rings. The van der Waals surface area contributed by atoms with Gasteiger partial charge in [-0.3, -0.25) is 0 Å². The highest BCUT2D eigenvalue weighted by Crippen LogP contribution is 2.25. The highest BCUT2D eigenvalue weighted by molar-refractivity contribution is 5.74. The second-order valence-corrected chi connectivity index (χ2v) is 6.60. The van der Waals surface area contributed by atoms with E-state index in [9.17, 15) is 4.79 Å². The van der Waals surface area contributed by atoms with Crippen molar-refractivity contribution in [3.05, 3.63) is 29.3 Å². The van der Waals surface area contributed by atoms with Crippen LogP contribution in [0.2, 0.25) is 0 Å². The van der Waals surface area contributed by atoms with Crippen LogP contribution in [0.15, 0.2) is 18.2 Å². The molecular formula is C18H30N4O. The molecule has 0 aliphatic carbocycles. The summed E-state index contributed by atoms with van der Waals surface area (Å²) in [6.07, 6.45) is 0.987. The van der Waals surface area contributed by atoms with Crippen molar-refractivity contribution in [1.82, 2.24) is 15.1 Å². The van der Waals surface area contributed by atoms with Gasteiger partial charge in [0, 0.05) is 38.4 Å². The normalized spacial score (nSPS) is 15.2. The summed E-state index contributed by atoms with van der Waals surface area (Å²) >= 11 is 0. The lowest BCUT2D eigenvalue weighted by Gasteiger charge is -2.37. The van der Waals surface area contributed by atoms with Gasteiger partial charge in [0.25, 0.3) is 0 Å². The Morgan fingerprint density at radius 3 is 2.30 bits per heavy atom. The third-order valence-corrected chi connectivity index (χ3v) is 4.38. The van der Waals surface area contributed by atoms with E-state index in [2.05, 4.69) is 61.3 Å². The third-order valence-electron chi connectivity index (χ3n) is 4.38. The molecule has 1 N–H and O–H groups in total. The molecule has 2 rings (SSSR count). The molecule has 0 saturated carbocycles. The van der Waals surface area contributed by atoms with Crippen LogP contribution in [-0.4, -0.2) is 69.2 Å². The Balaban J connectivity index is 1.80. The molecule has 2 amide bonds. The summed E-state index contributed by atoms with van der Waals surface area (Å²) in [6.45, 7) is 9.43. The number of anilines is 1. The van der Waals surface area contributed by atoms with Gasteiger partial charge in [-0.1, -0.05) is 18.2 Å². The average Bonchev–Trinajstić information content (AvgIpc) is 2.51. The van der Waals surface area contributed by atoms with E-state index >= 15 is 0 Å². The lowest BCUT2D eigenvalue weighted by atomic mass is 10.1. The summed E-state index contributed by atoms with van der Waals surface area (Å²) in [5.41, 5.74) is 3.96. The van der Waals surface area contributed by atoms with Gasteiger partial charge in [-0.05, 0) is 52.0 Å². The molecule has 1 fully saturated rings. The van der Waals surface area contributed by atoms with Crippen LogP contribution in [0.3, 0.4) is 0 Å². The van der Waals surface area contributed by atoms with Crippen LogP contribution in [0.1, 0.15) is 17.5 Å². The maximum atomic E-state index is 12.2. The van der Waals surface area contributed by atoms with E-state index in [1.807, 2.05) is 4.90 Å². The largest absolute Gasteiger partial charge is 0.368 e. The Hall–Kier alpha value is -1.75. The Labute approximate surface area is 140 Å². The van der Waals surface area contributed by atoms with E-state index in [0.717, 1.165) is 45.7 Å². The number of aryl methyl sites for hydroxylation is 2. The zero-order valence-corrected chi connectivity index (χ0v) is 14.9. The minimum Gasteiger partial charge on any atom is -0.368 e. The van der Waals surface area contributed by atoms with E-state index in [4.69, 9.17) is 0 Å². The lowest BCUT2D eigenvalue weighted by Crippen LogP contribution is -2.52. The second-order valence-electron chi connectivity index (χ2n) is 6.60. The topological polar surface area (TPSA) is 38.8 Å². The van der Waals surface area contributed by atoms with Gasteiger partial charge in [0.2, 0.25) is 0 Å². The molecule has 0 atom stereocenters. The van der Waals surface area contributed by atoms with Gasteiger partial charge in [0.15, 0.2) is 0 Å². The van der Waals surface area contributed by atoms with Gasteiger partial charge in [-0.15, -0.1) is 0 Å². The SMILES string of the molecule is Cc1cccc(C)c1N1CCN(C(=O)NCCCN(C)C)CC1. The zero-order chi connectivity index (χ0) is 16.8. The smallest absolute Gasteiger partial charge is 0.317 e. The van der Waals surface area contributed by atoms with Crippen molar-refractivity contribution in [3.63, 3.8) is 0 Å². The minimum atomic E-state index is 0.0740. The van der Waals surface area contributed by atoms with Gasteiger partial charge < -0.3 is 20.0 Å². The molecule has 1 aromatic carbocycles. The van der Waals surface area contributed by atoms with Crippen LogP contribution in [0, 0.1) is 13.8 Å². The molecule has 0 bridgehead atoms. The lowest BCUT2D eigenvalue weighted by molar-refractivity contribution is 0.194.